The first kappa shape index (κ1) is 30.4. The Hall–Kier alpha value is -0.160. The number of piperidine rings is 2. The smallest absolute Gasteiger partial charge is 0.0216 e. The third-order valence-corrected chi connectivity index (χ3v) is 9.40. The first-order chi connectivity index (χ1) is 16.1. The first-order valence-electron chi connectivity index (χ1n) is 15.2. The number of fused-ring (bicyclic) bond motifs is 1. The van der Waals surface area contributed by atoms with Gasteiger partial charge in [0.25, 0.3) is 0 Å². The molecular weight excluding hydrogens is 440 g/mol. The molecule has 3 fully saturated rings. The summed E-state index contributed by atoms with van der Waals surface area (Å²) in [5, 5.41) is 7.84. The van der Waals surface area contributed by atoms with Crippen molar-refractivity contribution in [3.8, 4) is 0 Å². The molecule has 212 valence electrons. The number of unbranched alkanes of at least 4 members (excludes halogenated alkanes) is 3. The van der Waals surface area contributed by atoms with Crippen LogP contribution in [-0.4, -0.2) is 69.2 Å². The maximum Gasteiger partial charge on any atom is 0.0216 e. The van der Waals surface area contributed by atoms with Crippen LogP contribution in [0.1, 0.15) is 135 Å². The minimum absolute atomic E-state index is 0.209. The van der Waals surface area contributed by atoms with Crippen LogP contribution in [0, 0.1) is 11.3 Å². The molecule has 4 heteroatoms. The molecule has 2 N–H and O–H groups in total. The minimum Gasteiger partial charge on any atom is -0.307 e. The summed E-state index contributed by atoms with van der Waals surface area (Å²) < 4.78 is 0. The SMILES string of the molecule is CC(C)(C)CN(CCCCCCN1C2CC(C)(C)NC(C)(C)C2C1(C)C)C1CC(C)(C)NC(C)(C)C1. The fourth-order valence-electron chi connectivity index (χ4n) is 9.22. The number of likely N-dealkylation sites (tertiary alicyclic amines) is 1. The summed E-state index contributed by atoms with van der Waals surface area (Å²) in [6.07, 6.45) is 9.17. The van der Waals surface area contributed by atoms with Crippen molar-refractivity contribution in [2.24, 2.45) is 11.3 Å². The van der Waals surface area contributed by atoms with Crippen LogP contribution in [0.5, 0.6) is 0 Å². The predicted molar refractivity (Wildman–Crippen MR) is 158 cm³/mol. The second kappa shape index (κ2) is 10.1. The van der Waals surface area contributed by atoms with Gasteiger partial charge in [0.15, 0.2) is 0 Å². The molecule has 0 spiro atoms. The van der Waals surface area contributed by atoms with Gasteiger partial charge in [-0.15, -0.1) is 0 Å². The number of rotatable bonds is 9. The van der Waals surface area contributed by atoms with E-state index in [0.717, 1.165) is 12.0 Å². The lowest BCUT2D eigenvalue weighted by atomic mass is 9.56. The van der Waals surface area contributed by atoms with Gasteiger partial charge in [0.05, 0.1) is 0 Å². The molecule has 0 aliphatic carbocycles. The normalized spacial score (nSPS) is 31.2. The van der Waals surface area contributed by atoms with E-state index in [9.17, 15) is 0 Å². The summed E-state index contributed by atoms with van der Waals surface area (Å²) in [7, 11) is 0. The largest absolute Gasteiger partial charge is 0.307 e. The molecule has 3 aliphatic rings. The fourth-order valence-corrected chi connectivity index (χ4v) is 9.22. The standard InChI is InChI=1S/C32H64N4/c1-27(2,3)23-35(24-20-28(4,5)33-29(6,7)21-24)18-16-14-15-17-19-36-25-22-30(8,9)34-31(10,11)26(25)32(36,12)13/h24-26,33-34H,14-23H2,1-13H3. The van der Waals surface area contributed by atoms with Crippen molar-refractivity contribution in [2.45, 2.75) is 175 Å². The van der Waals surface area contributed by atoms with Gasteiger partial charge >= 0.3 is 0 Å². The average molecular weight is 505 g/mol. The van der Waals surface area contributed by atoms with E-state index in [1.54, 1.807) is 0 Å². The maximum atomic E-state index is 3.95. The lowest BCUT2D eigenvalue weighted by Gasteiger charge is -2.71. The van der Waals surface area contributed by atoms with E-state index in [4.69, 9.17) is 0 Å². The van der Waals surface area contributed by atoms with Gasteiger partial charge in [-0.05, 0) is 120 Å². The van der Waals surface area contributed by atoms with Crippen LogP contribution in [0.2, 0.25) is 0 Å². The third kappa shape index (κ3) is 7.27. The lowest BCUT2D eigenvalue weighted by Crippen LogP contribution is -2.82. The van der Waals surface area contributed by atoms with Crippen LogP contribution in [-0.2, 0) is 0 Å². The minimum atomic E-state index is 0.209. The van der Waals surface area contributed by atoms with Gasteiger partial charge in [-0.2, -0.15) is 0 Å². The van der Waals surface area contributed by atoms with Crippen LogP contribution in [0.3, 0.4) is 0 Å². The summed E-state index contributed by atoms with van der Waals surface area (Å²) >= 11 is 0. The van der Waals surface area contributed by atoms with Crippen molar-refractivity contribution in [2.75, 3.05) is 19.6 Å². The quantitative estimate of drug-likeness (QED) is 0.337. The summed E-state index contributed by atoms with van der Waals surface area (Å²) in [6, 6.07) is 1.42. The molecule has 4 nitrogen and oxygen atoms in total. The highest BCUT2D eigenvalue weighted by atomic mass is 15.3. The van der Waals surface area contributed by atoms with Crippen LogP contribution in [0.4, 0.5) is 0 Å². The van der Waals surface area contributed by atoms with Crippen LogP contribution in [0.25, 0.3) is 0 Å². The zero-order valence-corrected chi connectivity index (χ0v) is 26.7. The van der Waals surface area contributed by atoms with Gasteiger partial charge in [0.1, 0.15) is 0 Å². The van der Waals surface area contributed by atoms with E-state index in [-0.39, 0.29) is 22.2 Å². The van der Waals surface area contributed by atoms with E-state index >= 15 is 0 Å². The van der Waals surface area contributed by atoms with E-state index in [2.05, 4.69) is 110 Å². The Labute approximate surface area is 226 Å². The highest BCUT2D eigenvalue weighted by Crippen LogP contribution is 2.53. The molecule has 0 radical (unpaired) electrons. The fraction of sp³-hybridized carbons (Fsp3) is 1.00. The van der Waals surface area contributed by atoms with Gasteiger partial charge in [-0.25, -0.2) is 0 Å². The lowest BCUT2D eigenvalue weighted by molar-refractivity contribution is -0.185. The number of hydrogen-bond donors (Lipinski definition) is 2. The number of nitrogens with one attached hydrogen (secondary N) is 2. The first-order valence-corrected chi connectivity index (χ1v) is 15.2. The molecule has 36 heavy (non-hydrogen) atoms. The molecule has 3 saturated heterocycles. The molecule has 0 amide bonds. The van der Waals surface area contributed by atoms with E-state index in [1.807, 2.05) is 0 Å². The second-order valence-electron chi connectivity index (χ2n) is 17.2. The Bertz CT molecular complexity index is 726. The van der Waals surface area contributed by atoms with Crippen molar-refractivity contribution in [3.05, 3.63) is 0 Å². The van der Waals surface area contributed by atoms with Crippen LogP contribution in [0.15, 0.2) is 0 Å². The molecule has 2 atom stereocenters. The highest BCUT2D eigenvalue weighted by Gasteiger charge is 2.63. The molecule has 3 aliphatic heterocycles. The summed E-state index contributed by atoms with van der Waals surface area (Å²) in [4.78, 5) is 5.71. The van der Waals surface area contributed by atoms with Gasteiger partial charge < -0.3 is 10.6 Å². The van der Waals surface area contributed by atoms with Gasteiger partial charge in [0, 0.05) is 52.2 Å². The topological polar surface area (TPSA) is 30.5 Å². The van der Waals surface area contributed by atoms with Gasteiger partial charge in [-0.1, -0.05) is 33.6 Å². The summed E-state index contributed by atoms with van der Waals surface area (Å²) in [5.41, 5.74) is 1.50. The molecular formula is C32H64N4. The van der Waals surface area contributed by atoms with Crippen LogP contribution >= 0.6 is 0 Å². The summed E-state index contributed by atoms with van der Waals surface area (Å²) in [6.45, 7) is 35.1. The average Bonchev–Trinajstić information content (AvgIpc) is 2.59. The Morgan fingerprint density at radius 2 is 1.25 bits per heavy atom. The van der Waals surface area contributed by atoms with Crippen molar-refractivity contribution in [3.63, 3.8) is 0 Å². The molecule has 0 saturated carbocycles. The molecule has 2 unspecified atom stereocenters. The van der Waals surface area contributed by atoms with E-state index in [0.29, 0.717) is 17.0 Å². The Morgan fingerprint density at radius 3 is 1.81 bits per heavy atom. The number of hydrogen-bond acceptors (Lipinski definition) is 4. The van der Waals surface area contributed by atoms with E-state index in [1.165, 1.54) is 64.6 Å². The zero-order chi connectivity index (χ0) is 27.4. The highest BCUT2D eigenvalue weighted by molar-refractivity contribution is 5.20. The molecule has 3 heterocycles. The molecule has 0 aromatic heterocycles. The van der Waals surface area contributed by atoms with Crippen molar-refractivity contribution in [1.82, 2.24) is 20.4 Å². The predicted octanol–water partition coefficient (Wildman–Crippen LogP) is 6.83. The van der Waals surface area contributed by atoms with E-state index < -0.39 is 0 Å². The maximum absolute atomic E-state index is 3.95. The second-order valence-corrected chi connectivity index (χ2v) is 17.2. The van der Waals surface area contributed by atoms with Crippen molar-refractivity contribution < 1.29 is 0 Å². The monoisotopic (exact) mass is 505 g/mol. The Morgan fingerprint density at radius 1 is 0.722 bits per heavy atom. The van der Waals surface area contributed by atoms with Gasteiger partial charge in [0.2, 0.25) is 0 Å². The van der Waals surface area contributed by atoms with Crippen LogP contribution < -0.4 is 10.6 Å². The molecule has 3 rings (SSSR count). The van der Waals surface area contributed by atoms with Crippen molar-refractivity contribution >= 4 is 0 Å². The summed E-state index contributed by atoms with van der Waals surface area (Å²) in [5.74, 6) is 0.738. The number of nitrogens with zero attached hydrogens (tertiary/aromatic N) is 2. The Balaban J connectivity index is 1.49. The van der Waals surface area contributed by atoms with Gasteiger partial charge in [-0.3, -0.25) is 9.80 Å². The zero-order valence-electron chi connectivity index (χ0n) is 26.7. The third-order valence-electron chi connectivity index (χ3n) is 9.40. The molecule has 0 aromatic carbocycles. The Kier molecular flexibility index (Phi) is 8.53. The molecule has 0 bridgehead atoms. The molecule has 0 aromatic rings. The van der Waals surface area contributed by atoms with Crippen molar-refractivity contribution in [1.29, 1.82) is 0 Å².